The Morgan fingerprint density at radius 2 is 2.41 bits per heavy atom. The second-order valence-electron chi connectivity index (χ2n) is 4.46. The van der Waals surface area contributed by atoms with E-state index in [2.05, 4.69) is 10.3 Å². The minimum atomic E-state index is 0.229. The molecule has 0 saturated carbocycles. The second-order valence-corrected chi connectivity index (χ2v) is 4.82. The lowest BCUT2D eigenvalue weighted by Gasteiger charge is -2.08. The van der Waals surface area contributed by atoms with Crippen molar-refractivity contribution in [1.29, 1.82) is 0 Å². The Labute approximate surface area is 104 Å². The van der Waals surface area contributed by atoms with E-state index in [1.54, 1.807) is 18.3 Å². The van der Waals surface area contributed by atoms with E-state index >= 15 is 0 Å². The molecule has 1 unspecified atom stereocenters. The van der Waals surface area contributed by atoms with E-state index in [9.17, 15) is 5.11 Å². The first-order valence-electron chi connectivity index (χ1n) is 5.83. The molecule has 0 bridgehead atoms. The molecule has 3 rings (SSSR count). The molecule has 17 heavy (non-hydrogen) atoms. The van der Waals surface area contributed by atoms with Crippen LogP contribution in [0.1, 0.15) is 18.7 Å². The molecule has 1 aliphatic heterocycles. The van der Waals surface area contributed by atoms with Gasteiger partial charge in [0.1, 0.15) is 11.6 Å². The lowest BCUT2D eigenvalue weighted by atomic mass is 10.1. The largest absolute Gasteiger partial charge is 0.506 e. The van der Waals surface area contributed by atoms with Crippen LogP contribution < -0.4 is 5.32 Å². The van der Waals surface area contributed by atoms with E-state index in [-0.39, 0.29) is 5.75 Å². The summed E-state index contributed by atoms with van der Waals surface area (Å²) in [5.41, 5.74) is 0.845. The van der Waals surface area contributed by atoms with Crippen molar-refractivity contribution in [1.82, 2.24) is 14.7 Å². The van der Waals surface area contributed by atoms with Crippen molar-refractivity contribution in [3.05, 3.63) is 29.3 Å². The monoisotopic (exact) mass is 251 g/mol. The molecule has 90 valence electrons. The number of hydrogen-bond donors (Lipinski definition) is 2. The maximum absolute atomic E-state index is 9.52. The molecule has 1 fully saturated rings. The summed E-state index contributed by atoms with van der Waals surface area (Å²) in [7, 11) is 0. The van der Waals surface area contributed by atoms with E-state index in [4.69, 9.17) is 11.6 Å². The fraction of sp³-hybridized carbons (Fsp3) is 0.417. The van der Waals surface area contributed by atoms with Gasteiger partial charge >= 0.3 is 0 Å². The van der Waals surface area contributed by atoms with Crippen LogP contribution in [-0.4, -0.2) is 27.1 Å². The molecule has 2 N–H and O–H groups in total. The van der Waals surface area contributed by atoms with Crippen molar-refractivity contribution in [3.63, 3.8) is 0 Å². The topological polar surface area (TPSA) is 49.6 Å². The van der Waals surface area contributed by atoms with Gasteiger partial charge in [0, 0.05) is 12.5 Å². The fourth-order valence-corrected chi connectivity index (χ4v) is 2.64. The molecule has 1 aliphatic rings. The SMILES string of the molecule is Oc1ccc2c(Cl)nc(CC3CCCN3)n2c1. The third kappa shape index (κ3) is 1.98. The predicted octanol–water partition coefficient (Wildman–Crippen LogP) is 1.99. The summed E-state index contributed by atoms with van der Waals surface area (Å²) < 4.78 is 1.87. The first-order chi connectivity index (χ1) is 8.24. The number of hydrogen-bond acceptors (Lipinski definition) is 3. The first-order valence-corrected chi connectivity index (χ1v) is 6.20. The van der Waals surface area contributed by atoms with E-state index in [1.807, 2.05) is 4.40 Å². The molecule has 1 atom stereocenters. The van der Waals surface area contributed by atoms with Crippen LogP contribution in [0.25, 0.3) is 5.52 Å². The lowest BCUT2D eigenvalue weighted by molar-refractivity contribution is 0.471. The zero-order valence-electron chi connectivity index (χ0n) is 9.36. The summed E-state index contributed by atoms with van der Waals surface area (Å²) >= 11 is 6.08. The van der Waals surface area contributed by atoms with Gasteiger partial charge in [-0.25, -0.2) is 4.98 Å². The minimum absolute atomic E-state index is 0.229. The van der Waals surface area contributed by atoms with E-state index in [1.165, 1.54) is 12.8 Å². The Kier molecular flexibility index (Phi) is 2.68. The van der Waals surface area contributed by atoms with Crippen LogP contribution in [0.15, 0.2) is 18.3 Å². The average molecular weight is 252 g/mol. The molecule has 5 heteroatoms. The number of nitrogens with zero attached hydrogens (tertiary/aromatic N) is 2. The van der Waals surface area contributed by atoms with Crippen LogP contribution in [0.5, 0.6) is 5.75 Å². The van der Waals surface area contributed by atoms with Gasteiger partial charge < -0.3 is 10.4 Å². The molecule has 0 aliphatic carbocycles. The zero-order valence-corrected chi connectivity index (χ0v) is 10.1. The van der Waals surface area contributed by atoms with Crippen molar-refractivity contribution >= 4 is 17.1 Å². The molecule has 4 nitrogen and oxygen atoms in total. The predicted molar refractivity (Wildman–Crippen MR) is 66.6 cm³/mol. The maximum atomic E-state index is 9.52. The van der Waals surface area contributed by atoms with Crippen molar-refractivity contribution in [2.24, 2.45) is 0 Å². The highest BCUT2D eigenvalue weighted by Gasteiger charge is 2.18. The minimum Gasteiger partial charge on any atom is -0.506 e. The number of halogens is 1. The number of imidazole rings is 1. The Bertz CT molecular complexity index is 546. The smallest absolute Gasteiger partial charge is 0.155 e. The van der Waals surface area contributed by atoms with Gasteiger partial charge in [-0.05, 0) is 31.5 Å². The van der Waals surface area contributed by atoms with Crippen molar-refractivity contribution in [3.8, 4) is 5.75 Å². The highest BCUT2D eigenvalue weighted by Crippen LogP contribution is 2.23. The fourth-order valence-electron chi connectivity index (χ4n) is 2.39. The molecule has 3 heterocycles. The van der Waals surface area contributed by atoms with Crippen molar-refractivity contribution < 1.29 is 5.11 Å². The van der Waals surface area contributed by atoms with E-state index in [0.717, 1.165) is 24.3 Å². The number of fused-ring (bicyclic) bond motifs is 1. The molecule has 2 aromatic heterocycles. The summed E-state index contributed by atoms with van der Waals surface area (Å²) in [6.45, 7) is 1.08. The average Bonchev–Trinajstić information content (AvgIpc) is 2.89. The number of pyridine rings is 1. The van der Waals surface area contributed by atoms with Crippen molar-refractivity contribution in [2.45, 2.75) is 25.3 Å². The Balaban J connectivity index is 2.00. The standard InChI is InChI=1S/C12H14ClN3O/c13-12-10-4-3-9(17)7-16(10)11(15-12)6-8-2-1-5-14-8/h3-4,7-8,14,17H,1-2,5-6H2. The third-order valence-corrected chi connectivity index (χ3v) is 3.52. The molecular formula is C12H14ClN3O. The molecule has 0 radical (unpaired) electrons. The highest BCUT2D eigenvalue weighted by atomic mass is 35.5. The van der Waals surface area contributed by atoms with Gasteiger partial charge in [-0.15, -0.1) is 0 Å². The van der Waals surface area contributed by atoms with Gasteiger partial charge in [-0.2, -0.15) is 0 Å². The van der Waals surface area contributed by atoms with Crippen molar-refractivity contribution in [2.75, 3.05) is 6.54 Å². The van der Waals surface area contributed by atoms with Gasteiger partial charge in [0.05, 0.1) is 11.7 Å². The highest BCUT2D eigenvalue weighted by molar-refractivity contribution is 6.32. The summed E-state index contributed by atoms with van der Waals surface area (Å²) in [4.78, 5) is 4.37. The first kappa shape index (κ1) is 10.9. The normalized spacial score (nSPS) is 20.2. The molecule has 1 saturated heterocycles. The van der Waals surface area contributed by atoms with Gasteiger partial charge in [-0.1, -0.05) is 11.6 Å². The van der Waals surface area contributed by atoms with Crippen LogP contribution in [-0.2, 0) is 6.42 Å². The molecular weight excluding hydrogens is 238 g/mol. The van der Waals surface area contributed by atoms with E-state index < -0.39 is 0 Å². The van der Waals surface area contributed by atoms with Gasteiger partial charge in [-0.3, -0.25) is 4.40 Å². The molecule has 0 spiro atoms. The Morgan fingerprint density at radius 3 is 3.18 bits per heavy atom. The summed E-state index contributed by atoms with van der Waals surface area (Å²) in [5.74, 6) is 1.13. The van der Waals surface area contributed by atoms with Crippen LogP contribution in [0.4, 0.5) is 0 Å². The zero-order chi connectivity index (χ0) is 11.8. The molecule has 2 aromatic rings. The third-order valence-electron chi connectivity index (χ3n) is 3.24. The summed E-state index contributed by atoms with van der Waals surface area (Å²) in [5, 5.41) is 13.5. The number of aromatic nitrogens is 2. The Morgan fingerprint density at radius 1 is 1.53 bits per heavy atom. The molecule has 0 amide bonds. The number of aromatic hydroxyl groups is 1. The number of rotatable bonds is 2. The number of nitrogens with one attached hydrogen (secondary N) is 1. The van der Waals surface area contributed by atoms with Gasteiger partial charge in [0.2, 0.25) is 0 Å². The van der Waals surface area contributed by atoms with Crippen LogP contribution in [0.2, 0.25) is 5.15 Å². The quantitative estimate of drug-likeness (QED) is 0.858. The van der Waals surface area contributed by atoms with Crippen LogP contribution in [0, 0.1) is 0 Å². The van der Waals surface area contributed by atoms with Gasteiger partial charge in [0.15, 0.2) is 5.15 Å². The van der Waals surface area contributed by atoms with E-state index in [0.29, 0.717) is 11.2 Å². The lowest BCUT2D eigenvalue weighted by Crippen LogP contribution is -2.24. The summed E-state index contributed by atoms with van der Waals surface area (Å²) in [6.07, 6.45) is 4.90. The Hall–Kier alpha value is -1.26. The summed E-state index contributed by atoms with van der Waals surface area (Å²) in [6, 6.07) is 3.88. The second kappa shape index (κ2) is 4.20. The molecule has 0 aromatic carbocycles. The van der Waals surface area contributed by atoms with Crippen LogP contribution >= 0.6 is 11.6 Å². The van der Waals surface area contributed by atoms with Crippen LogP contribution in [0.3, 0.4) is 0 Å². The van der Waals surface area contributed by atoms with Gasteiger partial charge in [0.25, 0.3) is 0 Å². The maximum Gasteiger partial charge on any atom is 0.155 e.